The summed E-state index contributed by atoms with van der Waals surface area (Å²) in [5.41, 5.74) is -0.957. The summed E-state index contributed by atoms with van der Waals surface area (Å²) < 4.78 is 63.9. The molecule has 0 heterocycles. The van der Waals surface area contributed by atoms with Gasteiger partial charge in [0, 0.05) is 0 Å². The van der Waals surface area contributed by atoms with E-state index in [-0.39, 0.29) is 0 Å². The number of ether oxygens (including phenoxy) is 1. The zero-order valence-corrected chi connectivity index (χ0v) is 7.82. The van der Waals surface area contributed by atoms with Crippen LogP contribution in [0.1, 0.15) is 0 Å². The lowest BCUT2D eigenvalue weighted by Gasteiger charge is -2.16. The Hall–Kier alpha value is -0.975. The molecule has 8 heteroatoms. The first kappa shape index (κ1) is 12.1. The van der Waals surface area contributed by atoms with Crippen molar-refractivity contribution in [2.45, 2.75) is 6.61 Å². The van der Waals surface area contributed by atoms with E-state index in [1.54, 1.807) is 0 Å². The molecule has 15 heavy (non-hydrogen) atoms. The van der Waals surface area contributed by atoms with Gasteiger partial charge in [0.15, 0.2) is 0 Å². The lowest BCUT2D eigenvalue weighted by atomic mass is 9.80. The Morgan fingerprint density at radius 3 is 2.20 bits per heavy atom. The van der Waals surface area contributed by atoms with Crippen molar-refractivity contribution in [3.63, 3.8) is 0 Å². The van der Waals surface area contributed by atoms with E-state index in [0.29, 0.717) is 12.1 Å². The van der Waals surface area contributed by atoms with Crippen LogP contribution >= 0.6 is 11.6 Å². The molecule has 0 bridgehead atoms. The van der Waals surface area contributed by atoms with Crippen molar-refractivity contribution in [2.24, 2.45) is 0 Å². The van der Waals surface area contributed by atoms with Crippen molar-refractivity contribution in [1.29, 1.82) is 0 Å². The van der Waals surface area contributed by atoms with Gasteiger partial charge in [-0.2, -0.15) is 8.78 Å². The number of hydrogen-bond acceptors (Lipinski definition) is 1. The molecule has 0 amide bonds. The third-order valence-electron chi connectivity index (χ3n) is 1.55. The van der Waals surface area contributed by atoms with Crippen LogP contribution in [0.15, 0.2) is 18.2 Å². The maximum Gasteiger partial charge on any atom is 0.509 e. The van der Waals surface area contributed by atoms with Gasteiger partial charge in [0.05, 0.1) is 5.02 Å². The van der Waals surface area contributed by atoms with Gasteiger partial charge < -0.3 is 17.7 Å². The van der Waals surface area contributed by atoms with Gasteiger partial charge in [0.2, 0.25) is 0 Å². The predicted molar refractivity (Wildman–Crippen MR) is 46.8 cm³/mol. The van der Waals surface area contributed by atoms with Crippen molar-refractivity contribution < 1.29 is 26.5 Å². The van der Waals surface area contributed by atoms with Gasteiger partial charge in [0.25, 0.3) is 0 Å². The van der Waals surface area contributed by atoms with Crippen molar-refractivity contribution in [3.8, 4) is 5.75 Å². The summed E-state index contributed by atoms with van der Waals surface area (Å²) in [5.74, 6) is -0.476. The van der Waals surface area contributed by atoms with Gasteiger partial charge in [-0.1, -0.05) is 23.7 Å². The molecule has 1 aromatic carbocycles. The highest BCUT2D eigenvalue weighted by Crippen LogP contribution is 2.25. The molecule has 0 atom stereocenters. The van der Waals surface area contributed by atoms with Gasteiger partial charge >= 0.3 is 13.6 Å². The van der Waals surface area contributed by atoms with Crippen molar-refractivity contribution in [1.82, 2.24) is 0 Å². The number of benzene rings is 1. The molecule has 1 nitrogen and oxygen atoms in total. The van der Waals surface area contributed by atoms with E-state index >= 15 is 0 Å². The summed E-state index contributed by atoms with van der Waals surface area (Å²) in [6.07, 6.45) is 0. The molecule has 0 aromatic heterocycles. The van der Waals surface area contributed by atoms with Crippen molar-refractivity contribution >= 4 is 24.0 Å². The smallest absolute Gasteiger partial charge is 0.445 e. The normalized spacial score (nSPS) is 11.9. The Morgan fingerprint density at radius 1 is 1.20 bits per heavy atom. The molecular weight excluding hydrogens is 241 g/mol. The minimum Gasteiger partial charge on any atom is -0.445 e. The fourth-order valence-corrected chi connectivity index (χ4v) is 1.15. The number of hydrogen-bond donors (Lipinski definition) is 0. The Labute approximate surface area is 86.8 Å². The molecule has 0 fully saturated rings. The molecule has 0 unspecified atom stereocenters. The van der Waals surface area contributed by atoms with Crippen LogP contribution in [0.4, 0.5) is 21.7 Å². The molecule has 0 N–H and O–H groups in total. The van der Waals surface area contributed by atoms with Crippen LogP contribution in [-0.2, 0) is 0 Å². The third-order valence-corrected chi connectivity index (χ3v) is 1.85. The summed E-state index contributed by atoms with van der Waals surface area (Å²) >= 11 is 5.33. The van der Waals surface area contributed by atoms with Crippen LogP contribution in [0.3, 0.4) is 0 Å². The van der Waals surface area contributed by atoms with E-state index in [0.717, 1.165) is 6.07 Å². The highest BCUT2D eigenvalue weighted by Gasteiger charge is 2.26. The second-order valence-electron chi connectivity index (χ2n) is 2.64. The molecule has 84 valence electrons. The number of halogens is 6. The monoisotopic (exact) mass is 245 g/mol. The number of rotatable bonds is 3. The quantitative estimate of drug-likeness (QED) is 0.587. The molecule has 1 aromatic rings. The van der Waals surface area contributed by atoms with Crippen molar-refractivity contribution in [2.75, 3.05) is 0 Å². The van der Waals surface area contributed by atoms with Crippen LogP contribution in [0.25, 0.3) is 0 Å². The van der Waals surface area contributed by atoms with Gasteiger partial charge in [-0.25, -0.2) is 0 Å². The highest BCUT2D eigenvalue weighted by molar-refractivity contribution is 6.73. The van der Waals surface area contributed by atoms with E-state index in [1.807, 2.05) is 0 Å². The fourth-order valence-electron chi connectivity index (χ4n) is 0.912. The van der Waals surface area contributed by atoms with Crippen LogP contribution in [0.5, 0.6) is 5.75 Å². The van der Waals surface area contributed by atoms with Gasteiger partial charge in [0.1, 0.15) is 5.75 Å². The standard InChI is InChI=1S/C7H4BClF5O/c9-5-3-4(8(12,13)14)1-2-6(5)15-7(10)11/h1-3,7H/q-1. The molecule has 0 aliphatic rings. The summed E-state index contributed by atoms with van der Waals surface area (Å²) in [5, 5.41) is -0.494. The summed E-state index contributed by atoms with van der Waals surface area (Å²) in [6, 6.07) is 1.96. The summed E-state index contributed by atoms with van der Waals surface area (Å²) in [4.78, 5) is 0. The first-order valence-corrected chi connectivity index (χ1v) is 4.12. The predicted octanol–water partition coefficient (Wildman–Crippen LogP) is 3.00. The van der Waals surface area contributed by atoms with Crippen LogP contribution in [0.2, 0.25) is 5.02 Å². The minimum atomic E-state index is -5.19. The zero-order chi connectivity index (χ0) is 11.6. The summed E-state index contributed by atoms with van der Waals surface area (Å²) in [6.45, 7) is -8.31. The molecule has 0 aliphatic carbocycles. The molecular formula is C7H4BClF5O-. The van der Waals surface area contributed by atoms with Crippen LogP contribution < -0.4 is 10.2 Å². The second-order valence-corrected chi connectivity index (χ2v) is 3.05. The Bertz CT molecular complexity index is 354. The van der Waals surface area contributed by atoms with Crippen LogP contribution in [0, 0.1) is 0 Å². The molecule has 0 saturated heterocycles. The van der Waals surface area contributed by atoms with Gasteiger partial charge in [-0.05, 0) is 6.07 Å². The van der Waals surface area contributed by atoms with Crippen LogP contribution in [-0.4, -0.2) is 13.6 Å². The van der Waals surface area contributed by atoms with E-state index in [9.17, 15) is 21.7 Å². The first-order valence-electron chi connectivity index (χ1n) is 3.75. The minimum absolute atomic E-state index is 0.476. The van der Waals surface area contributed by atoms with E-state index in [2.05, 4.69) is 4.74 Å². The SMILES string of the molecule is FC(F)Oc1ccc([B-](F)(F)F)cc1Cl. The molecule has 0 radical (unpaired) electrons. The van der Waals surface area contributed by atoms with E-state index in [4.69, 9.17) is 11.6 Å². The average Bonchev–Trinajstić information content (AvgIpc) is 2.05. The number of alkyl halides is 2. The highest BCUT2D eigenvalue weighted by atomic mass is 35.5. The lowest BCUT2D eigenvalue weighted by molar-refractivity contribution is -0.0497. The third kappa shape index (κ3) is 3.26. The molecule has 0 spiro atoms. The Morgan fingerprint density at radius 2 is 1.80 bits per heavy atom. The molecule has 1 rings (SSSR count). The molecule has 0 aliphatic heterocycles. The van der Waals surface area contributed by atoms with E-state index < -0.39 is 29.8 Å². The van der Waals surface area contributed by atoms with Gasteiger partial charge in [-0.15, -0.1) is 5.46 Å². The average molecular weight is 245 g/mol. The Kier molecular flexibility index (Phi) is 3.44. The maximum absolute atomic E-state index is 12.2. The zero-order valence-electron chi connectivity index (χ0n) is 7.06. The fraction of sp³-hybridized carbons (Fsp3) is 0.143. The van der Waals surface area contributed by atoms with E-state index in [1.165, 1.54) is 0 Å². The Balaban J connectivity index is 2.98. The van der Waals surface area contributed by atoms with Gasteiger partial charge in [-0.3, -0.25) is 0 Å². The second kappa shape index (κ2) is 4.26. The van der Waals surface area contributed by atoms with Crippen molar-refractivity contribution in [3.05, 3.63) is 23.2 Å². The maximum atomic E-state index is 12.2. The molecule has 0 saturated carbocycles. The first-order chi connectivity index (χ1) is 6.80. The largest absolute Gasteiger partial charge is 0.509 e. The topological polar surface area (TPSA) is 9.23 Å². The summed E-state index contributed by atoms with van der Waals surface area (Å²) in [7, 11) is 0. The lowest BCUT2D eigenvalue weighted by Crippen LogP contribution is -2.33.